The molecular formula is C20H35NO16. The molecule has 0 spiro atoms. The second-order valence-electron chi connectivity index (χ2n) is 9.07. The number of ether oxygens (including phenoxy) is 5. The zero-order valence-electron chi connectivity index (χ0n) is 19.7. The molecule has 15 atom stereocenters. The zero-order chi connectivity index (χ0) is 27.6. The van der Waals surface area contributed by atoms with Gasteiger partial charge in [-0.15, -0.1) is 0 Å². The SMILES string of the molecule is CC(=O)N[C@H]1C(O)[C@@H](O[C@@H]2OC(CO)[C@H](O)C(O)[C@@H]2O)C(CO)O[C@H]1O[C@H]1C(CO)O[C@@H](O)[C@H](O)C1O. The lowest BCUT2D eigenvalue weighted by molar-refractivity contribution is -0.365. The van der Waals surface area contributed by atoms with Gasteiger partial charge in [0.2, 0.25) is 5.91 Å². The van der Waals surface area contributed by atoms with Gasteiger partial charge in [0, 0.05) is 6.92 Å². The highest BCUT2D eigenvalue weighted by molar-refractivity contribution is 5.73. The molecule has 3 fully saturated rings. The molecule has 11 N–H and O–H groups in total. The van der Waals surface area contributed by atoms with Crippen molar-refractivity contribution < 1.29 is 79.5 Å². The molecule has 0 aromatic carbocycles. The standard InChI is InChI=1S/C20H35NO16/c1-5(25)21-9-11(27)16(37-20-15(31)12(28)10(26)6(2-22)34-20)8(4-24)35-19(9)36-17-7(3-23)33-18(32)14(30)13(17)29/h6-20,22-24,26-32H,2-4H2,1H3,(H,21,25)/t6?,7?,8?,9-,10-,11?,12?,13?,14+,15-,16-,17-,18+,19-,20-/m0/s1. The fourth-order valence-electron chi connectivity index (χ4n) is 4.46. The molecule has 1 amide bonds. The molecule has 0 aliphatic carbocycles. The maximum Gasteiger partial charge on any atom is 0.217 e. The first-order valence-electron chi connectivity index (χ1n) is 11.6. The number of hydrogen-bond donors (Lipinski definition) is 11. The smallest absolute Gasteiger partial charge is 0.217 e. The van der Waals surface area contributed by atoms with Crippen LogP contribution in [0, 0.1) is 0 Å². The van der Waals surface area contributed by atoms with Crippen LogP contribution in [0.5, 0.6) is 0 Å². The summed E-state index contributed by atoms with van der Waals surface area (Å²) in [6.45, 7) is -1.23. The van der Waals surface area contributed by atoms with E-state index in [0.717, 1.165) is 6.92 Å². The molecule has 0 radical (unpaired) electrons. The minimum atomic E-state index is -1.84. The van der Waals surface area contributed by atoms with Gasteiger partial charge in [0.15, 0.2) is 18.9 Å². The van der Waals surface area contributed by atoms with Gasteiger partial charge in [-0.05, 0) is 0 Å². The summed E-state index contributed by atoms with van der Waals surface area (Å²) < 4.78 is 27.2. The number of amides is 1. The van der Waals surface area contributed by atoms with Gasteiger partial charge in [-0.25, -0.2) is 0 Å². The quantitative estimate of drug-likeness (QED) is 0.135. The Morgan fingerprint density at radius 1 is 0.649 bits per heavy atom. The second kappa shape index (κ2) is 12.8. The van der Waals surface area contributed by atoms with Crippen molar-refractivity contribution in [1.29, 1.82) is 0 Å². The molecule has 3 rings (SSSR count). The van der Waals surface area contributed by atoms with Crippen LogP contribution >= 0.6 is 0 Å². The van der Waals surface area contributed by atoms with Crippen LogP contribution in [0.25, 0.3) is 0 Å². The Bertz CT molecular complexity index is 743. The van der Waals surface area contributed by atoms with E-state index in [2.05, 4.69) is 5.32 Å². The molecule has 17 heteroatoms. The van der Waals surface area contributed by atoms with Gasteiger partial charge in [0.25, 0.3) is 0 Å². The van der Waals surface area contributed by atoms with E-state index in [1.807, 2.05) is 0 Å². The van der Waals surface area contributed by atoms with E-state index in [1.54, 1.807) is 0 Å². The average molecular weight is 545 g/mol. The summed E-state index contributed by atoms with van der Waals surface area (Å²) in [6, 6.07) is -1.47. The molecular weight excluding hydrogens is 510 g/mol. The summed E-state index contributed by atoms with van der Waals surface area (Å²) in [5, 5.41) is 103. The molecule has 216 valence electrons. The largest absolute Gasteiger partial charge is 0.394 e. The maximum absolute atomic E-state index is 11.9. The van der Waals surface area contributed by atoms with Crippen LogP contribution in [0.4, 0.5) is 0 Å². The first-order chi connectivity index (χ1) is 17.4. The molecule has 3 saturated heterocycles. The van der Waals surface area contributed by atoms with Gasteiger partial charge in [0.05, 0.1) is 19.8 Å². The van der Waals surface area contributed by atoms with Crippen molar-refractivity contribution >= 4 is 5.91 Å². The van der Waals surface area contributed by atoms with Crippen molar-refractivity contribution in [3.05, 3.63) is 0 Å². The Hall–Kier alpha value is -1.13. The Balaban J connectivity index is 1.83. The zero-order valence-corrected chi connectivity index (χ0v) is 19.7. The molecule has 3 aliphatic heterocycles. The van der Waals surface area contributed by atoms with E-state index >= 15 is 0 Å². The highest BCUT2D eigenvalue weighted by Gasteiger charge is 2.53. The number of carbonyl (C=O) groups is 1. The Morgan fingerprint density at radius 3 is 1.73 bits per heavy atom. The molecule has 0 aromatic heterocycles. The lowest BCUT2D eigenvalue weighted by Crippen LogP contribution is -2.69. The van der Waals surface area contributed by atoms with Gasteiger partial charge in [-0.2, -0.15) is 0 Å². The summed E-state index contributed by atoms with van der Waals surface area (Å²) >= 11 is 0. The minimum Gasteiger partial charge on any atom is -0.394 e. The molecule has 0 aromatic rings. The van der Waals surface area contributed by atoms with E-state index in [4.69, 9.17) is 23.7 Å². The lowest BCUT2D eigenvalue weighted by atomic mass is 9.94. The number of aliphatic hydroxyl groups excluding tert-OH is 10. The topological polar surface area (TPSA) is 278 Å². The van der Waals surface area contributed by atoms with Gasteiger partial charge < -0.3 is 80.1 Å². The Labute approximate surface area is 210 Å². The average Bonchev–Trinajstić information content (AvgIpc) is 2.87. The Morgan fingerprint density at radius 2 is 1.16 bits per heavy atom. The summed E-state index contributed by atoms with van der Waals surface area (Å²) in [6.07, 6.45) is -23.1. The highest BCUT2D eigenvalue weighted by Crippen LogP contribution is 2.32. The van der Waals surface area contributed by atoms with Crippen molar-refractivity contribution in [3.8, 4) is 0 Å². The Kier molecular flexibility index (Phi) is 10.5. The molecule has 3 aliphatic rings. The van der Waals surface area contributed by atoms with Crippen molar-refractivity contribution in [3.63, 3.8) is 0 Å². The summed E-state index contributed by atoms with van der Waals surface area (Å²) in [5.74, 6) is -0.676. The molecule has 3 heterocycles. The summed E-state index contributed by atoms with van der Waals surface area (Å²) in [5.41, 5.74) is 0. The minimum absolute atomic E-state index is 0.676. The number of carbonyl (C=O) groups excluding carboxylic acids is 1. The van der Waals surface area contributed by atoms with Gasteiger partial charge in [-0.1, -0.05) is 0 Å². The van der Waals surface area contributed by atoms with E-state index < -0.39 is 118 Å². The number of nitrogens with one attached hydrogen (secondary N) is 1. The summed E-state index contributed by atoms with van der Waals surface area (Å²) in [7, 11) is 0. The van der Waals surface area contributed by atoms with E-state index in [0.29, 0.717) is 0 Å². The molecule has 0 saturated carbocycles. The van der Waals surface area contributed by atoms with Crippen LogP contribution in [0.15, 0.2) is 0 Å². The molecule has 6 unspecified atom stereocenters. The second-order valence-corrected chi connectivity index (χ2v) is 9.07. The van der Waals surface area contributed by atoms with E-state index in [1.165, 1.54) is 0 Å². The van der Waals surface area contributed by atoms with Crippen molar-refractivity contribution in [2.75, 3.05) is 19.8 Å². The normalized spacial score (nSPS) is 49.0. The number of aliphatic hydroxyl groups is 10. The maximum atomic E-state index is 11.9. The van der Waals surface area contributed by atoms with Gasteiger partial charge >= 0.3 is 0 Å². The van der Waals surface area contributed by atoms with Crippen LogP contribution < -0.4 is 5.32 Å². The molecule has 37 heavy (non-hydrogen) atoms. The van der Waals surface area contributed by atoms with E-state index in [-0.39, 0.29) is 0 Å². The fourth-order valence-corrected chi connectivity index (χ4v) is 4.46. The predicted octanol–water partition coefficient (Wildman–Crippen LogP) is -7.43. The highest BCUT2D eigenvalue weighted by atomic mass is 16.7. The molecule has 17 nitrogen and oxygen atoms in total. The van der Waals surface area contributed by atoms with Crippen LogP contribution in [0.1, 0.15) is 6.92 Å². The monoisotopic (exact) mass is 545 g/mol. The summed E-state index contributed by atoms with van der Waals surface area (Å²) in [4.78, 5) is 11.9. The van der Waals surface area contributed by atoms with Crippen LogP contribution in [-0.2, 0) is 28.5 Å². The van der Waals surface area contributed by atoms with Crippen molar-refractivity contribution in [2.45, 2.75) is 99.0 Å². The van der Waals surface area contributed by atoms with E-state index in [9.17, 15) is 55.9 Å². The van der Waals surface area contributed by atoms with Gasteiger partial charge in [-0.3, -0.25) is 4.79 Å². The van der Waals surface area contributed by atoms with Crippen LogP contribution in [0.2, 0.25) is 0 Å². The third-order valence-electron chi connectivity index (χ3n) is 6.49. The fraction of sp³-hybridized carbons (Fsp3) is 0.950. The molecule has 0 bridgehead atoms. The third-order valence-corrected chi connectivity index (χ3v) is 6.49. The first kappa shape index (κ1) is 30.4. The third kappa shape index (κ3) is 6.38. The number of hydrogen-bond acceptors (Lipinski definition) is 16. The predicted molar refractivity (Wildman–Crippen MR) is 113 cm³/mol. The number of rotatable bonds is 8. The van der Waals surface area contributed by atoms with Crippen LogP contribution in [0.3, 0.4) is 0 Å². The van der Waals surface area contributed by atoms with Gasteiger partial charge in [0.1, 0.15) is 73.2 Å². The van der Waals surface area contributed by atoms with Crippen molar-refractivity contribution in [2.24, 2.45) is 0 Å². The van der Waals surface area contributed by atoms with Crippen molar-refractivity contribution in [1.82, 2.24) is 5.32 Å². The van der Waals surface area contributed by atoms with Crippen LogP contribution in [-0.4, -0.2) is 169 Å². The lowest BCUT2D eigenvalue weighted by Gasteiger charge is -2.49. The first-order valence-corrected chi connectivity index (χ1v) is 11.6.